The zero-order chi connectivity index (χ0) is 14.3. The molecule has 2 aliphatic rings. The first-order chi connectivity index (χ1) is 9.54. The van der Waals surface area contributed by atoms with Crippen LogP contribution >= 0.6 is 0 Å². The average Bonchev–Trinajstić information content (AvgIpc) is 2.93. The van der Waals surface area contributed by atoms with Gasteiger partial charge in [0.05, 0.1) is 17.9 Å². The Morgan fingerprint density at radius 2 is 2.40 bits per heavy atom. The fraction of sp³-hybridized carbons (Fsp3) is 0.733. The molecule has 110 valence electrons. The summed E-state index contributed by atoms with van der Waals surface area (Å²) in [5, 5.41) is 4.12. The number of hydrogen-bond acceptors (Lipinski definition) is 4. The van der Waals surface area contributed by atoms with Crippen molar-refractivity contribution in [3.05, 3.63) is 18.0 Å². The molecule has 3 rings (SSSR count). The fourth-order valence-electron chi connectivity index (χ4n) is 3.54. The van der Waals surface area contributed by atoms with Gasteiger partial charge in [0, 0.05) is 30.7 Å². The van der Waals surface area contributed by atoms with Crippen LogP contribution in [0.5, 0.6) is 0 Å². The van der Waals surface area contributed by atoms with Crippen molar-refractivity contribution in [2.45, 2.75) is 52.4 Å². The molecule has 5 nitrogen and oxygen atoms in total. The summed E-state index contributed by atoms with van der Waals surface area (Å²) in [6.45, 7) is 7.80. The van der Waals surface area contributed by atoms with Crippen molar-refractivity contribution in [3.63, 3.8) is 0 Å². The van der Waals surface area contributed by atoms with Gasteiger partial charge in [0.15, 0.2) is 0 Å². The van der Waals surface area contributed by atoms with E-state index in [-0.39, 0.29) is 23.6 Å². The Morgan fingerprint density at radius 3 is 3.10 bits per heavy atom. The van der Waals surface area contributed by atoms with E-state index in [1.807, 2.05) is 6.92 Å². The Bertz CT molecular complexity index is 509. The van der Waals surface area contributed by atoms with E-state index >= 15 is 0 Å². The summed E-state index contributed by atoms with van der Waals surface area (Å²) < 4.78 is 13.3. The quantitative estimate of drug-likeness (QED) is 0.796. The zero-order valence-corrected chi connectivity index (χ0v) is 12.3. The lowest BCUT2D eigenvalue weighted by Gasteiger charge is -2.58. The molecule has 0 unspecified atom stereocenters. The van der Waals surface area contributed by atoms with Gasteiger partial charge in [0.1, 0.15) is 6.10 Å². The summed E-state index contributed by atoms with van der Waals surface area (Å²) in [6.07, 6.45) is 5.63. The smallest absolute Gasteiger partial charge is 0.341 e. The van der Waals surface area contributed by atoms with Gasteiger partial charge in [-0.3, -0.25) is 4.68 Å². The van der Waals surface area contributed by atoms with Crippen LogP contribution in [0.15, 0.2) is 12.4 Å². The second kappa shape index (κ2) is 4.88. The monoisotopic (exact) mass is 278 g/mol. The maximum absolute atomic E-state index is 12.2. The van der Waals surface area contributed by atoms with Gasteiger partial charge in [-0.2, -0.15) is 5.10 Å². The number of aromatic nitrogens is 2. The van der Waals surface area contributed by atoms with Gasteiger partial charge in [-0.25, -0.2) is 4.79 Å². The molecule has 3 atom stereocenters. The Morgan fingerprint density at radius 1 is 1.60 bits per heavy atom. The van der Waals surface area contributed by atoms with Crippen LogP contribution in [-0.4, -0.2) is 34.6 Å². The van der Waals surface area contributed by atoms with Crippen molar-refractivity contribution >= 4 is 5.97 Å². The van der Waals surface area contributed by atoms with E-state index in [9.17, 15) is 4.79 Å². The van der Waals surface area contributed by atoms with Gasteiger partial charge in [-0.1, -0.05) is 13.8 Å². The van der Waals surface area contributed by atoms with E-state index in [2.05, 4.69) is 18.9 Å². The number of hydrogen-bond donors (Lipinski definition) is 0. The van der Waals surface area contributed by atoms with Crippen molar-refractivity contribution in [1.82, 2.24) is 9.78 Å². The highest BCUT2D eigenvalue weighted by atomic mass is 16.6. The molecule has 2 fully saturated rings. The predicted octanol–water partition coefficient (Wildman–Crippen LogP) is 2.26. The Labute approximate surface area is 119 Å². The average molecular weight is 278 g/mol. The predicted molar refractivity (Wildman–Crippen MR) is 73.3 cm³/mol. The first kappa shape index (κ1) is 13.6. The third-order valence-corrected chi connectivity index (χ3v) is 4.65. The number of carbonyl (C=O) groups excluding carboxylic acids is 1. The van der Waals surface area contributed by atoms with E-state index < -0.39 is 0 Å². The molecule has 1 aromatic heterocycles. The molecule has 20 heavy (non-hydrogen) atoms. The third kappa shape index (κ3) is 2.04. The fourth-order valence-corrected chi connectivity index (χ4v) is 3.54. The van der Waals surface area contributed by atoms with E-state index in [1.54, 1.807) is 17.1 Å². The minimum absolute atomic E-state index is 0.0507. The Balaban J connectivity index is 1.69. The lowest BCUT2D eigenvalue weighted by Crippen LogP contribution is -2.65. The lowest BCUT2D eigenvalue weighted by molar-refractivity contribution is -0.243. The zero-order valence-electron chi connectivity index (χ0n) is 12.3. The molecule has 5 heteroatoms. The number of fused-ring (bicyclic) bond motifs is 1. The van der Waals surface area contributed by atoms with Crippen LogP contribution in [0.3, 0.4) is 0 Å². The largest absolute Gasteiger partial charge is 0.458 e. The van der Waals surface area contributed by atoms with E-state index in [4.69, 9.17) is 9.47 Å². The van der Waals surface area contributed by atoms with Crippen LogP contribution in [0.25, 0.3) is 0 Å². The van der Waals surface area contributed by atoms with E-state index in [0.717, 1.165) is 26.0 Å². The summed E-state index contributed by atoms with van der Waals surface area (Å²) in [4.78, 5) is 12.2. The van der Waals surface area contributed by atoms with Crippen LogP contribution in [0.2, 0.25) is 0 Å². The maximum Gasteiger partial charge on any atom is 0.341 e. The highest BCUT2D eigenvalue weighted by molar-refractivity contribution is 5.89. The van der Waals surface area contributed by atoms with Gasteiger partial charge in [-0.15, -0.1) is 0 Å². The minimum Gasteiger partial charge on any atom is -0.458 e. The molecule has 0 N–H and O–H groups in total. The van der Waals surface area contributed by atoms with Crippen molar-refractivity contribution in [1.29, 1.82) is 0 Å². The summed E-state index contributed by atoms with van der Waals surface area (Å²) in [6, 6.07) is 0. The standard InChI is InChI=1S/C15H22N2O3/c1-4-17-9-10(8-16-17)14(18)20-13-11-6-5-7-19-12(11)15(13,2)3/h8-9,11-13H,4-7H2,1-3H3/t11-,12+,13-/m1/s1. The SMILES string of the molecule is CCn1cc(C(=O)O[C@@H]2[C@@H]3CCCO[C@@H]3C2(C)C)cn1. The van der Waals surface area contributed by atoms with Crippen LogP contribution in [0.4, 0.5) is 0 Å². The molecule has 0 spiro atoms. The van der Waals surface area contributed by atoms with Crippen LogP contribution < -0.4 is 0 Å². The summed E-state index contributed by atoms with van der Waals surface area (Å²) in [5.41, 5.74) is 0.435. The van der Waals surface area contributed by atoms with Gasteiger partial charge in [0.2, 0.25) is 0 Å². The normalized spacial score (nSPS) is 31.2. The highest BCUT2D eigenvalue weighted by Crippen LogP contribution is 2.53. The molecule has 2 heterocycles. The number of nitrogens with zero attached hydrogens (tertiary/aromatic N) is 2. The summed E-state index contributed by atoms with van der Waals surface area (Å²) >= 11 is 0. The van der Waals surface area contributed by atoms with Crippen molar-refractivity contribution in [3.8, 4) is 0 Å². The van der Waals surface area contributed by atoms with E-state index in [0.29, 0.717) is 11.5 Å². The van der Waals surface area contributed by atoms with Gasteiger partial charge in [0.25, 0.3) is 0 Å². The second-order valence-corrected chi connectivity index (χ2v) is 6.33. The van der Waals surface area contributed by atoms with Crippen molar-refractivity contribution in [2.75, 3.05) is 6.61 Å². The first-order valence-electron chi connectivity index (χ1n) is 7.39. The number of aryl methyl sites for hydroxylation is 1. The molecular formula is C15H22N2O3. The number of rotatable bonds is 3. The van der Waals surface area contributed by atoms with Crippen LogP contribution in [0.1, 0.15) is 44.0 Å². The van der Waals surface area contributed by atoms with Crippen molar-refractivity contribution < 1.29 is 14.3 Å². The topological polar surface area (TPSA) is 53.4 Å². The number of esters is 1. The Hall–Kier alpha value is -1.36. The van der Waals surface area contributed by atoms with Gasteiger partial charge < -0.3 is 9.47 Å². The van der Waals surface area contributed by atoms with Crippen LogP contribution in [0, 0.1) is 11.3 Å². The molecule has 1 aliphatic heterocycles. The van der Waals surface area contributed by atoms with Gasteiger partial charge >= 0.3 is 5.97 Å². The molecule has 1 saturated heterocycles. The maximum atomic E-state index is 12.2. The molecule has 0 aromatic carbocycles. The molecular weight excluding hydrogens is 256 g/mol. The van der Waals surface area contributed by atoms with E-state index in [1.165, 1.54) is 0 Å². The number of carbonyl (C=O) groups is 1. The first-order valence-corrected chi connectivity index (χ1v) is 7.39. The highest BCUT2D eigenvalue weighted by Gasteiger charge is 2.60. The Kier molecular flexibility index (Phi) is 3.32. The molecule has 1 aromatic rings. The van der Waals surface area contributed by atoms with Crippen LogP contribution in [-0.2, 0) is 16.0 Å². The lowest BCUT2D eigenvalue weighted by atomic mass is 9.57. The molecule has 0 amide bonds. The second-order valence-electron chi connectivity index (χ2n) is 6.33. The van der Waals surface area contributed by atoms with Gasteiger partial charge in [-0.05, 0) is 19.8 Å². The molecule has 0 bridgehead atoms. The third-order valence-electron chi connectivity index (χ3n) is 4.65. The molecule has 1 aliphatic carbocycles. The number of ether oxygens (including phenoxy) is 2. The molecule has 1 saturated carbocycles. The van der Waals surface area contributed by atoms with Crippen molar-refractivity contribution in [2.24, 2.45) is 11.3 Å². The summed E-state index contributed by atoms with van der Waals surface area (Å²) in [7, 11) is 0. The minimum atomic E-state index is -0.271. The molecule has 0 radical (unpaired) electrons. The summed E-state index contributed by atoms with van der Waals surface area (Å²) in [5.74, 6) is 0.0794.